The maximum atomic E-state index is 12.2. The molecule has 6 heteroatoms. The van der Waals surface area contributed by atoms with E-state index in [1.165, 1.54) is 0 Å². The predicted octanol–water partition coefficient (Wildman–Crippen LogP) is 4.44. The van der Waals surface area contributed by atoms with Crippen molar-refractivity contribution in [2.24, 2.45) is 0 Å². The minimum Gasteiger partial charge on any atom is -0.354 e. The third-order valence-electron chi connectivity index (χ3n) is 4.20. The van der Waals surface area contributed by atoms with Crippen molar-refractivity contribution in [3.05, 3.63) is 77.6 Å². The summed E-state index contributed by atoms with van der Waals surface area (Å²) in [7, 11) is 3.95. The molecule has 0 atom stereocenters. The SMILES string of the molecule is CN(C)CCNC(=O)c1ccc(-c2cncc(Nc3ccc(Cl)cc3)c2)cc1. The minimum atomic E-state index is -0.0651. The summed E-state index contributed by atoms with van der Waals surface area (Å²) in [5, 5.41) is 6.93. The number of hydrogen-bond donors (Lipinski definition) is 2. The third kappa shape index (κ3) is 5.55. The van der Waals surface area contributed by atoms with Crippen molar-refractivity contribution in [2.45, 2.75) is 0 Å². The summed E-state index contributed by atoms with van der Waals surface area (Å²) in [6.45, 7) is 1.43. The van der Waals surface area contributed by atoms with Crippen LogP contribution in [-0.2, 0) is 0 Å². The van der Waals surface area contributed by atoms with Crippen LogP contribution >= 0.6 is 11.6 Å². The van der Waals surface area contributed by atoms with Gasteiger partial charge in [0.1, 0.15) is 0 Å². The topological polar surface area (TPSA) is 57.3 Å². The molecule has 0 radical (unpaired) electrons. The number of amides is 1. The molecule has 1 amide bonds. The van der Waals surface area contributed by atoms with Crippen LogP contribution in [0.4, 0.5) is 11.4 Å². The molecule has 144 valence electrons. The van der Waals surface area contributed by atoms with E-state index in [0.717, 1.165) is 29.0 Å². The Bertz CT molecular complexity index is 924. The molecule has 28 heavy (non-hydrogen) atoms. The zero-order chi connectivity index (χ0) is 19.9. The fraction of sp³-hybridized carbons (Fsp3) is 0.182. The van der Waals surface area contributed by atoms with E-state index in [4.69, 9.17) is 11.6 Å². The quantitative estimate of drug-likeness (QED) is 0.622. The first-order chi connectivity index (χ1) is 13.5. The van der Waals surface area contributed by atoms with Gasteiger partial charge in [0.25, 0.3) is 5.91 Å². The summed E-state index contributed by atoms with van der Waals surface area (Å²) >= 11 is 5.93. The average molecular weight is 395 g/mol. The molecular weight excluding hydrogens is 372 g/mol. The van der Waals surface area contributed by atoms with Crippen molar-refractivity contribution in [3.63, 3.8) is 0 Å². The van der Waals surface area contributed by atoms with Crippen molar-refractivity contribution in [1.29, 1.82) is 0 Å². The van der Waals surface area contributed by atoms with Crippen LogP contribution in [0.3, 0.4) is 0 Å². The zero-order valence-corrected chi connectivity index (χ0v) is 16.7. The number of nitrogens with zero attached hydrogens (tertiary/aromatic N) is 2. The number of anilines is 2. The van der Waals surface area contributed by atoms with Crippen LogP contribution in [0.2, 0.25) is 5.02 Å². The molecule has 2 N–H and O–H groups in total. The zero-order valence-electron chi connectivity index (χ0n) is 15.9. The van der Waals surface area contributed by atoms with Gasteiger partial charge in [0.15, 0.2) is 0 Å². The van der Waals surface area contributed by atoms with Gasteiger partial charge in [-0.2, -0.15) is 0 Å². The molecule has 0 aliphatic carbocycles. The van der Waals surface area contributed by atoms with E-state index in [2.05, 4.69) is 15.6 Å². The van der Waals surface area contributed by atoms with Gasteiger partial charge < -0.3 is 15.5 Å². The number of halogens is 1. The van der Waals surface area contributed by atoms with Gasteiger partial charge in [-0.1, -0.05) is 23.7 Å². The number of likely N-dealkylation sites (N-methyl/N-ethyl adjacent to an activating group) is 1. The Morgan fingerprint density at radius 3 is 2.36 bits per heavy atom. The van der Waals surface area contributed by atoms with E-state index >= 15 is 0 Å². The van der Waals surface area contributed by atoms with Gasteiger partial charge in [0.2, 0.25) is 0 Å². The molecule has 0 unspecified atom stereocenters. The molecule has 0 fully saturated rings. The Morgan fingerprint density at radius 1 is 0.964 bits per heavy atom. The molecule has 0 saturated carbocycles. The molecule has 0 spiro atoms. The first-order valence-electron chi connectivity index (χ1n) is 9.02. The lowest BCUT2D eigenvalue weighted by Gasteiger charge is -2.11. The Hall–Kier alpha value is -2.89. The van der Waals surface area contributed by atoms with Gasteiger partial charge in [-0.25, -0.2) is 0 Å². The van der Waals surface area contributed by atoms with E-state index in [0.29, 0.717) is 17.1 Å². The van der Waals surface area contributed by atoms with Crippen LogP contribution in [0, 0.1) is 0 Å². The Kier molecular flexibility index (Phi) is 6.63. The number of carbonyl (C=O) groups is 1. The lowest BCUT2D eigenvalue weighted by atomic mass is 10.0. The maximum Gasteiger partial charge on any atom is 0.251 e. The van der Waals surface area contributed by atoms with E-state index in [1.54, 1.807) is 12.4 Å². The first-order valence-corrected chi connectivity index (χ1v) is 9.40. The highest BCUT2D eigenvalue weighted by atomic mass is 35.5. The van der Waals surface area contributed by atoms with Crippen LogP contribution in [0.25, 0.3) is 11.1 Å². The van der Waals surface area contributed by atoms with E-state index < -0.39 is 0 Å². The number of aromatic nitrogens is 1. The molecule has 0 bridgehead atoms. The number of hydrogen-bond acceptors (Lipinski definition) is 4. The van der Waals surface area contributed by atoms with Gasteiger partial charge in [0, 0.05) is 41.1 Å². The molecule has 2 aromatic carbocycles. The molecule has 1 aromatic heterocycles. The monoisotopic (exact) mass is 394 g/mol. The van der Waals surface area contributed by atoms with E-state index in [-0.39, 0.29) is 5.91 Å². The lowest BCUT2D eigenvalue weighted by molar-refractivity contribution is 0.0951. The summed E-state index contributed by atoms with van der Waals surface area (Å²) < 4.78 is 0. The van der Waals surface area contributed by atoms with Crippen molar-refractivity contribution in [3.8, 4) is 11.1 Å². The normalized spacial score (nSPS) is 10.7. The number of pyridine rings is 1. The molecule has 3 aromatic rings. The molecule has 0 aliphatic heterocycles. The van der Waals surface area contributed by atoms with Crippen LogP contribution in [0.15, 0.2) is 67.0 Å². The number of carbonyl (C=O) groups excluding carboxylic acids is 1. The Labute approximate surface area is 170 Å². The molecule has 1 heterocycles. The largest absolute Gasteiger partial charge is 0.354 e. The molecule has 3 rings (SSSR count). The third-order valence-corrected chi connectivity index (χ3v) is 4.45. The standard InChI is InChI=1S/C22H23ClN4O/c1-27(2)12-11-25-22(28)17-5-3-16(4-6-17)18-13-21(15-24-14-18)26-20-9-7-19(23)8-10-20/h3-10,13-15,26H,11-12H2,1-2H3,(H,25,28). The Morgan fingerprint density at radius 2 is 1.68 bits per heavy atom. The summed E-state index contributed by atoms with van der Waals surface area (Å²) in [6, 6.07) is 17.1. The number of nitrogens with one attached hydrogen (secondary N) is 2. The molecular formula is C22H23ClN4O. The van der Waals surface area contributed by atoms with Crippen LogP contribution in [-0.4, -0.2) is 43.0 Å². The predicted molar refractivity (Wildman–Crippen MR) is 115 cm³/mol. The van der Waals surface area contributed by atoms with Crippen LogP contribution in [0.5, 0.6) is 0 Å². The van der Waals surface area contributed by atoms with Gasteiger partial charge in [-0.05, 0) is 62.1 Å². The Balaban J connectivity index is 1.68. The van der Waals surface area contributed by atoms with Crippen LogP contribution in [0.1, 0.15) is 10.4 Å². The fourth-order valence-electron chi connectivity index (χ4n) is 2.68. The van der Waals surface area contributed by atoms with Crippen LogP contribution < -0.4 is 10.6 Å². The van der Waals surface area contributed by atoms with Gasteiger partial charge >= 0.3 is 0 Å². The highest BCUT2D eigenvalue weighted by Crippen LogP contribution is 2.24. The summed E-state index contributed by atoms with van der Waals surface area (Å²) in [5.41, 5.74) is 4.43. The van der Waals surface area contributed by atoms with E-state index in [9.17, 15) is 4.79 Å². The molecule has 0 saturated heterocycles. The van der Waals surface area contributed by atoms with Crippen molar-refractivity contribution < 1.29 is 4.79 Å². The highest BCUT2D eigenvalue weighted by molar-refractivity contribution is 6.30. The fourth-order valence-corrected chi connectivity index (χ4v) is 2.80. The summed E-state index contributed by atoms with van der Waals surface area (Å²) in [6.07, 6.45) is 3.57. The van der Waals surface area contributed by atoms with Crippen molar-refractivity contribution in [2.75, 3.05) is 32.5 Å². The lowest BCUT2D eigenvalue weighted by Crippen LogP contribution is -2.31. The highest BCUT2D eigenvalue weighted by Gasteiger charge is 2.06. The second-order valence-electron chi connectivity index (χ2n) is 6.73. The number of rotatable bonds is 7. The second kappa shape index (κ2) is 9.35. The number of benzene rings is 2. The summed E-state index contributed by atoms with van der Waals surface area (Å²) in [5.74, 6) is -0.0651. The average Bonchev–Trinajstić information content (AvgIpc) is 2.70. The minimum absolute atomic E-state index is 0.0651. The van der Waals surface area contributed by atoms with Gasteiger partial charge in [-0.3, -0.25) is 9.78 Å². The smallest absolute Gasteiger partial charge is 0.251 e. The van der Waals surface area contributed by atoms with Crippen molar-refractivity contribution >= 4 is 28.9 Å². The van der Waals surface area contributed by atoms with E-state index in [1.807, 2.05) is 73.6 Å². The first kappa shape index (κ1) is 19.9. The van der Waals surface area contributed by atoms with Gasteiger partial charge in [-0.15, -0.1) is 0 Å². The second-order valence-corrected chi connectivity index (χ2v) is 7.17. The summed E-state index contributed by atoms with van der Waals surface area (Å²) in [4.78, 5) is 18.5. The molecule has 0 aliphatic rings. The molecule has 5 nitrogen and oxygen atoms in total. The van der Waals surface area contributed by atoms with Gasteiger partial charge in [0.05, 0.1) is 11.9 Å². The van der Waals surface area contributed by atoms with Crippen molar-refractivity contribution in [1.82, 2.24) is 15.2 Å². The maximum absolute atomic E-state index is 12.2.